The highest BCUT2D eigenvalue weighted by molar-refractivity contribution is 5.80. The van der Waals surface area contributed by atoms with Crippen LogP contribution in [0.25, 0.3) is 0 Å². The van der Waals surface area contributed by atoms with E-state index in [4.69, 9.17) is 5.84 Å². The molecule has 15 heavy (non-hydrogen) atoms. The number of anilines is 2. The fraction of sp³-hybridized carbons (Fsp3) is 0.333. The number of nitrogens with zero attached hydrogens (tertiary/aromatic N) is 1. The van der Waals surface area contributed by atoms with E-state index in [0.717, 1.165) is 5.69 Å². The van der Waals surface area contributed by atoms with E-state index in [0.29, 0.717) is 12.4 Å². The molecule has 0 aromatic carbocycles. The van der Waals surface area contributed by atoms with Crippen molar-refractivity contribution in [3.63, 3.8) is 0 Å². The summed E-state index contributed by atoms with van der Waals surface area (Å²) in [7, 11) is 0. The third kappa shape index (κ3) is 3.82. The van der Waals surface area contributed by atoms with Crippen molar-refractivity contribution in [3.8, 4) is 0 Å². The minimum absolute atomic E-state index is 0.0448. The number of pyridine rings is 1. The van der Waals surface area contributed by atoms with Crippen LogP contribution in [0, 0.1) is 0 Å². The van der Waals surface area contributed by atoms with Gasteiger partial charge in [0, 0.05) is 24.5 Å². The summed E-state index contributed by atoms with van der Waals surface area (Å²) in [4.78, 5) is 15.1. The summed E-state index contributed by atoms with van der Waals surface area (Å²) in [5.41, 5.74) is 3.22. The van der Waals surface area contributed by atoms with E-state index in [1.807, 2.05) is 6.92 Å². The van der Waals surface area contributed by atoms with Gasteiger partial charge in [0.25, 0.3) is 0 Å². The molecule has 1 amide bonds. The van der Waals surface area contributed by atoms with Crippen LogP contribution < -0.4 is 21.9 Å². The van der Waals surface area contributed by atoms with Crippen molar-refractivity contribution in [2.24, 2.45) is 5.84 Å². The first-order valence-electron chi connectivity index (χ1n) is 4.69. The van der Waals surface area contributed by atoms with E-state index in [2.05, 4.69) is 21.0 Å². The van der Waals surface area contributed by atoms with Gasteiger partial charge in [-0.25, -0.2) is 10.8 Å². The molecule has 5 N–H and O–H groups in total. The summed E-state index contributed by atoms with van der Waals surface area (Å²) in [6, 6.07) is 3.49. The summed E-state index contributed by atoms with van der Waals surface area (Å²) < 4.78 is 0. The maximum Gasteiger partial charge on any atom is 0.239 e. The zero-order valence-corrected chi connectivity index (χ0v) is 8.58. The van der Waals surface area contributed by atoms with E-state index in [9.17, 15) is 4.79 Å². The molecule has 0 spiro atoms. The fourth-order valence-corrected chi connectivity index (χ4v) is 1.06. The van der Waals surface area contributed by atoms with Crippen molar-refractivity contribution in [2.45, 2.75) is 6.92 Å². The van der Waals surface area contributed by atoms with Crippen molar-refractivity contribution in [3.05, 3.63) is 18.3 Å². The second-order valence-corrected chi connectivity index (χ2v) is 2.88. The monoisotopic (exact) mass is 209 g/mol. The minimum atomic E-state index is -0.0448. The first kappa shape index (κ1) is 11.3. The van der Waals surface area contributed by atoms with Crippen LogP contribution in [0.1, 0.15) is 6.92 Å². The van der Waals surface area contributed by atoms with Gasteiger partial charge in [0.1, 0.15) is 5.82 Å². The number of nitrogens with two attached hydrogens (primary N) is 1. The average Bonchev–Trinajstić information content (AvgIpc) is 2.27. The SMILES string of the molecule is CCNC(=O)CNc1ccnc(NN)c1. The fourth-order valence-electron chi connectivity index (χ4n) is 1.06. The molecule has 0 radical (unpaired) electrons. The van der Waals surface area contributed by atoms with E-state index < -0.39 is 0 Å². The summed E-state index contributed by atoms with van der Waals surface area (Å²) in [6.07, 6.45) is 1.61. The highest BCUT2D eigenvalue weighted by Gasteiger charge is 1.99. The molecule has 6 nitrogen and oxygen atoms in total. The van der Waals surface area contributed by atoms with E-state index in [1.54, 1.807) is 18.3 Å². The van der Waals surface area contributed by atoms with Crippen molar-refractivity contribution in [1.82, 2.24) is 10.3 Å². The molecule has 0 aliphatic carbocycles. The highest BCUT2D eigenvalue weighted by Crippen LogP contribution is 2.09. The largest absolute Gasteiger partial charge is 0.376 e. The Morgan fingerprint density at radius 1 is 1.60 bits per heavy atom. The summed E-state index contributed by atoms with van der Waals surface area (Å²) in [5, 5.41) is 5.64. The van der Waals surface area contributed by atoms with E-state index in [-0.39, 0.29) is 12.5 Å². The van der Waals surface area contributed by atoms with Crippen LogP contribution in [0.15, 0.2) is 18.3 Å². The molecule has 0 unspecified atom stereocenters. The quantitative estimate of drug-likeness (QED) is 0.402. The van der Waals surface area contributed by atoms with Gasteiger partial charge in [-0.1, -0.05) is 0 Å². The molecule has 82 valence electrons. The van der Waals surface area contributed by atoms with Crippen molar-refractivity contribution >= 4 is 17.4 Å². The lowest BCUT2D eigenvalue weighted by molar-refractivity contribution is -0.119. The lowest BCUT2D eigenvalue weighted by Crippen LogP contribution is -2.29. The number of aromatic nitrogens is 1. The molecule has 0 fully saturated rings. The third-order valence-electron chi connectivity index (χ3n) is 1.73. The first-order chi connectivity index (χ1) is 7.26. The topological polar surface area (TPSA) is 92.1 Å². The Labute approximate surface area is 88.2 Å². The minimum Gasteiger partial charge on any atom is -0.376 e. The number of amides is 1. The second-order valence-electron chi connectivity index (χ2n) is 2.88. The lowest BCUT2D eigenvalue weighted by atomic mass is 10.4. The number of nitrogen functional groups attached to an aromatic ring is 1. The van der Waals surface area contributed by atoms with E-state index >= 15 is 0 Å². The molecule has 0 saturated heterocycles. The van der Waals surface area contributed by atoms with Gasteiger partial charge in [-0.3, -0.25) is 4.79 Å². The molecule has 0 saturated carbocycles. The normalized spacial score (nSPS) is 9.47. The average molecular weight is 209 g/mol. The van der Waals surface area contributed by atoms with Gasteiger partial charge in [0.15, 0.2) is 0 Å². The highest BCUT2D eigenvalue weighted by atomic mass is 16.1. The zero-order chi connectivity index (χ0) is 11.1. The predicted octanol–water partition coefficient (Wildman–Crippen LogP) is -0.0848. The Kier molecular flexibility index (Phi) is 4.36. The van der Waals surface area contributed by atoms with Crippen LogP contribution >= 0.6 is 0 Å². The Hall–Kier alpha value is -1.82. The third-order valence-corrected chi connectivity index (χ3v) is 1.73. The molecule has 1 aromatic heterocycles. The Bertz CT molecular complexity index is 328. The van der Waals surface area contributed by atoms with Crippen LogP contribution in [0.2, 0.25) is 0 Å². The van der Waals surface area contributed by atoms with Crippen LogP contribution in [0.3, 0.4) is 0 Å². The Morgan fingerprint density at radius 3 is 3.07 bits per heavy atom. The molecule has 1 aromatic rings. The van der Waals surface area contributed by atoms with Crippen LogP contribution in [0.4, 0.5) is 11.5 Å². The van der Waals surface area contributed by atoms with Gasteiger partial charge in [0.05, 0.1) is 6.54 Å². The van der Waals surface area contributed by atoms with E-state index in [1.165, 1.54) is 0 Å². The molecule has 6 heteroatoms. The maximum atomic E-state index is 11.1. The first-order valence-corrected chi connectivity index (χ1v) is 4.69. The maximum absolute atomic E-state index is 11.1. The van der Waals surface area contributed by atoms with Gasteiger partial charge in [-0.05, 0) is 13.0 Å². The van der Waals surface area contributed by atoms with Gasteiger partial charge in [-0.15, -0.1) is 0 Å². The van der Waals surface area contributed by atoms with Crippen molar-refractivity contribution in [1.29, 1.82) is 0 Å². The number of likely N-dealkylation sites (N-methyl/N-ethyl adjacent to an activating group) is 1. The van der Waals surface area contributed by atoms with Crippen LogP contribution in [0.5, 0.6) is 0 Å². The molecule has 0 atom stereocenters. The second kappa shape index (κ2) is 5.82. The molecule has 1 heterocycles. The van der Waals surface area contributed by atoms with Crippen molar-refractivity contribution < 1.29 is 4.79 Å². The number of nitrogens with one attached hydrogen (secondary N) is 3. The summed E-state index contributed by atoms with van der Waals surface area (Å²) in [5.74, 6) is 5.71. The van der Waals surface area contributed by atoms with Gasteiger partial charge in [-0.2, -0.15) is 0 Å². The molecule has 0 aliphatic heterocycles. The number of carbonyl (C=O) groups is 1. The number of carbonyl (C=O) groups excluding carboxylic acids is 1. The van der Waals surface area contributed by atoms with Gasteiger partial charge < -0.3 is 16.1 Å². The Morgan fingerprint density at radius 2 is 2.40 bits per heavy atom. The molecule has 0 bridgehead atoms. The van der Waals surface area contributed by atoms with Gasteiger partial charge in [0.2, 0.25) is 5.91 Å². The number of hydrazine groups is 1. The molecular weight excluding hydrogens is 194 g/mol. The Balaban J connectivity index is 2.46. The van der Waals surface area contributed by atoms with Crippen LogP contribution in [-0.4, -0.2) is 24.0 Å². The standard InChI is InChI=1S/C9H15N5O/c1-2-11-9(15)6-13-7-3-4-12-8(5-7)14-10/h3-5H,2,6,10H2,1H3,(H,11,15)(H2,12,13,14). The van der Waals surface area contributed by atoms with Gasteiger partial charge >= 0.3 is 0 Å². The smallest absolute Gasteiger partial charge is 0.239 e. The predicted molar refractivity (Wildman–Crippen MR) is 59.2 cm³/mol. The van der Waals surface area contributed by atoms with Crippen LogP contribution in [-0.2, 0) is 4.79 Å². The molecule has 0 aliphatic rings. The van der Waals surface area contributed by atoms with Crippen molar-refractivity contribution in [2.75, 3.05) is 23.8 Å². The lowest BCUT2D eigenvalue weighted by Gasteiger charge is -2.07. The number of hydrogen-bond acceptors (Lipinski definition) is 5. The molecular formula is C9H15N5O. The summed E-state index contributed by atoms with van der Waals surface area (Å²) >= 11 is 0. The molecule has 1 rings (SSSR count). The summed E-state index contributed by atoms with van der Waals surface area (Å²) in [6.45, 7) is 2.75. The number of rotatable bonds is 5. The number of hydrogen-bond donors (Lipinski definition) is 4. The zero-order valence-electron chi connectivity index (χ0n) is 8.58.